The van der Waals surface area contributed by atoms with E-state index in [1.54, 1.807) is 23.1 Å². The van der Waals surface area contributed by atoms with Crippen LogP contribution in [0, 0.1) is 0 Å². The summed E-state index contributed by atoms with van der Waals surface area (Å²) in [6, 6.07) is 25.9. The Bertz CT molecular complexity index is 1170. The van der Waals surface area contributed by atoms with Crippen molar-refractivity contribution in [2.24, 2.45) is 0 Å². The number of hydrogen-bond acceptors (Lipinski definition) is 3. The topological polar surface area (TPSA) is 78.1 Å². The Morgan fingerprint density at radius 2 is 1.52 bits per heavy atom. The van der Waals surface area contributed by atoms with Crippen LogP contribution in [0.25, 0.3) is 10.9 Å². The minimum Gasteiger partial charge on any atom is -0.313 e. The van der Waals surface area contributed by atoms with Crippen molar-refractivity contribution in [3.63, 3.8) is 0 Å². The van der Waals surface area contributed by atoms with Crippen LogP contribution in [0.5, 0.6) is 0 Å². The lowest BCUT2D eigenvalue weighted by Gasteiger charge is -2.23. The molecule has 0 fully saturated rings. The lowest BCUT2D eigenvalue weighted by Crippen LogP contribution is -2.35. The van der Waals surface area contributed by atoms with Crippen molar-refractivity contribution >= 4 is 22.6 Å². The minimum atomic E-state index is -0.268. The summed E-state index contributed by atoms with van der Waals surface area (Å²) >= 11 is 0. The number of carbonyl (C=O) groups excluding carboxylic acids is 1. The fraction of sp³-hybridized carbons (Fsp3) is 0.0870. The number of urea groups is 1. The van der Waals surface area contributed by atoms with Crippen LogP contribution in [0.1, 0.15) is 11.4 Å². The number of nitrogens with zero attached hydrogens (tertiary/aromatic N) is 2. The van der Waals surface area contributed by atoms with Crippen molar-refractivity contribution in [2.75, 3.05) is 5.32 Å². The fourth-order valence-electron chi connectivity index (χ4n) is 3.12. The molecule has 0 aliphatic heterocycles. The molecule has 0 aliphatic rings. The zero-order valence-corrected chi connectivity index (χ0v) is 15.7. The summed E-state index contributed by atoms with van der Waals surface area (Å²) in [5.41, 5.74) is 2.08. The Labute approximate surface area is 167 Å². The zero-order chi connectivity index (χ0) is 20.1. The van der Waals surface area contributed by atoms with Crippen molar-refractivity contribution in [2.45, 2.75) is 13.1 Å². The molecule has 0 spiro atoms. The first-order chi connectivity index (χ1) is 14.2. The van der Waals surface area contributed by atoms with Crippen LogP contribution in [0.3, 0.4) is 0 Å². The molecule has 6 nitrogen and oxygen atoms in total. The van der Waals surface area contributed by atoms with E-state index in [1.165, 1.54) is 0 Å². The Morgan fingerprint density at radius 1 is 0.862 bits per heavy atom. The van der Waals surface area contributed by atoms with Gasteiger partial charge in [0.05, 0.1) is 17.4 Å². The molecule has 1 heterocycles. The Morgan fingerprint density at radius 3 is 2.28 bits per heavy atom. The maximum absolute atomic E-state index is 13.0. The van der Waals surface area contributed by atoms with E-state index in [0.29, 0.717) is 29.0 Å². The zero-order valence-electron chi connectivity index (χ0n) is 15.7. The largest absolute Gasteiger partial charge is 0.322 e. The van der Waals surface area contributed by atoms with E-state index >= 15 is 0 Å². The third kappa shape index (κ3) is 4.50. The number of H-pyrrole nitrogens is 1. The first-order valence-corrected chi connectivity index (χ1v) is 9.32. The van der Waals surface area contributed by atoms with Crippen molar-refractivity contribution in [3.8, 4) is 0 Å². The lowest BCUT2D eigenvalue weighted by molar-refractivity contribution is 0.205. The summed E-state index contributed by atoms with van der Waals surface area (Å²) in [6.07, 6.45) is 0. The summed E-state index contributed by atoms with van der Waals surface area (Å²) in [5.74, 6) is 0.438. The maximum Gasteiger partial charge on any atom is 0.322 e. The number of nitrogens with one attached hydrogen (secondary N) is 2. The van der Waals surface area contributed by atoms with Crippen molar-refractivity contribution in [1.29, 1.82) is 0 Å². The first-order valence-electron chi connectivity index (χ1n) is 9.32. The van der Waals surface area contributed by atoms with Crippen molar-refractivity contribution in [1.82, 2.24) is 14.9 Å². The molecule has 0 radical (unpaired) electrons. The van der Waals surface area contributed by atoms with Gasteiger partial charge in [0.1, 0.15) is 5.82 Å². The average Bonchev–Trinajstić information content (AvgIpc) is 2.75. The van der Waals surface area contributed by atoms with Gasteiger partial charge in [-0.15, -0.1) is 0 Å². The molecular weight excluding hydrogens is 364 g/mol. The predicted molar refractivity (Wildman–Crippen MR) is 114 cm³/mol. The number of fused-ring (bicyclic) bond motifs is 1. The lowest BCUT2D eigenvalue weighted by atomic mass is 10.2. The second-order valence-corrected chi connectivity index (χ2v) is 6.67. The number of hydrogen-bond donors (Lipinski definition) is 2. The van der Waals surface area contributed by atoms with E-state index in [1.807, 2.05) is 66.7 Å². The highest BCUT2D eigenvalue weighted by Crippen LogP contribution is 2.13. The summed E-state index contributed by atoms with van der Waals surface area (Å²) < 4.78 is 0. The van der Waals surface area contributed by atoms with E-state index in [4.69, 9.17) is 0 Å². The molecule has 144 valence electrons. The second kappa shape index (κ2) is 8.39. The molecular formula is C23H20N4O2. The van der Waals surface area contributed by atoms with Gasteiger partial charge in [-0.3, -0.25) is 4.79 Å². The van der Waals surface area contributed by atoms with Gasteiger partial charge < -0.3 is 15.2 Å². The predicted octanol–water partition coefficient (Wildman–Crippen LogP) is 4.16. The molecule has 0 saturated heterocycles. The molecule has 2 N–H and O–H groups in total. The summed E-state index contributed by atoms with van der Waals surface area (Å²) in [4.78, 5) is 34.3. The third-order valence-electron chi connectivity index (χ3n) is 4.53. The number of rotatable bonds is 5. The number of para-hydroxylation sites is 2. The molecule has 0 unspecified atom stereocenters. The quantitative estimate of drug-likeness (QED) is 0.542. The summed E-state index contributed by atoms with van der Waals surface area (Å²) in [6.45, 7) is 0.559. The van der Waals surface area contributed by atoms with Gasteiger partial charge in [-0.2, -0.15) is 0 Å². The second-order valence-electron chi connectivity index (χ2n) is 6.67. The van der Waals surface area contributed by atoms with Gasteiger partial charge in [-0.25, -0.2) is 9.78 Å². The van der Waals surface area contributed by atoms with Gasteiger partial charge in [0.25, 0.3) is 5.56 Å². The number of aromatic amines is 1. The molecule has 0 saturated carbocycles. The number of anilines is 1. The molecule has 4 aromatic rings. The Hall–Kier alpha value is -3.93. The van der Waals surface area contributed by atoms with Gasteiger partial charge in [0, 0.05) is 12.2 Å². The van der Waals surface area contributed by atoms with Crippen LogP contribution >= 0.6 is 0 Å². The molecule has 4 rings (SSSR count). The van der Waals surface area contributed by atoms with Crippen LogP contribution in [-0.4, -0.2) is 20.9 Å². The fourth-order valence-corrected chi connectivity index (χ4v) is 3.12. The highest BCUT2D eigenvalue weighted by Gasteiger charge is 2.17. The highest BCUT2D eigenvalue weighted by atomic mass is 16.2. The van der Waals surface area contributed by atoms with Crippen molar-refractivity contribution < 1.29 is 4.79 Å². The molecule has 0 aliphatic carbocycles. The van der Waals surface area contributed by atoms with Gasteiger partial charge in [0.2, 0.25) is 0 Å². The first kappa shape index (κ1) is 18.4. The molecule has 1 aromatic heterocycles. The van der Waals surface area contributed by atoms with Crippen molar-refractivity contribution in [3.05, 3.63) is 107 Å². The molecule has 6 heteroatoms. The standard InChI is InChI=1S/C23H20N4O2/c28-22-19-13-7-8-14-20(19)25-21(26-22)16-27(15-17-9-3-1-4-10-17)23(29)24-18-11-5-2-6-12-18/h1-14H,15-16H2,(H,24,29)(H,25,26,28). The summed E-state index contributed by atoms with van der Waals surface area (Å²) in [7, 11) is 0. The van der Waals surface area contributed by atoms with Gasteiger partial charge in [0.15, 0.2) is 0 Å². The molecule has 3 aromatic carbocycles. The van der Waals surface area contributed by atoms with E-state index in [-0.39, 0.29) is 18.1 Å². The average molecular weight is 384 g/mol. The smallest absolute Gasteiger partial charge is 0.313 e. The van der Waals surface area contributed by atoms with Crippen LogP contribution in [0.2, 0.25) is 0 Å². The SMILES string of the molecule is O=C(Nc1ccccc1)N(Cc1ccccc1)Cc1nc2ccccc2c(=O)[nH]1. The third-order valence-corrected chi connectivity index (χ3v) is 4.53. The number of benzene rings is 3. The van der Waals surface area contributed by atoms with Crippen LogP contribution in [0.4, 0.5) is 10.5 Å². The minimum absolute atomic E-state index is 0.174. The van der Waals surface area contributed by atoms with E-state index in [0.717, 1.165) is 5.56 Å². The Balaban J connectivity index is 1.62. The normalized spacial score (nSPS) is 10.6. The maximum atomic E-state index is 13.0. The molecule has 0 bridgehead atoms. The number of amides is 2. The van der Waals surface area contributed by atoms with Gasteiger partial charge >= 0.3 is 6.03 Å². The monoisotopic (exact) mass is 384 g/mol. The van der Waals surface area contributed by atoms with Crippen LogP contribution in [0.15, 0.2) is 89.7 Å². The molecule has 0 atom stereocenters. The van der Waals surface area contributed by atoms with E-state index in [2.05, 4.69) is 15.3 Å². The van der Waals surface area contributed by atoms with Crippen LogP contribution < -0.4 is 10.9 Å². The summed E-state index contributed by atoms with van der Waals surface area (Å²) in [5, 5.41) is 3.43. The number of aromatic nitrogens is 2. The highest BCUT2D eigenvalue weighted by molar-refractivity contribution is 5.89. The molecule has 29 heavy (non-hydrogen) atoms. The van der Waals surface area contributed by atoms with Crippen LogP contribution in [-0.2, 0) is 13.1 Å². The van der Waals surface area contributed by atoms with E-state index in [9.17, 15) is 9.59 Å². The van der Waals surface area contributed by atoms with Gasteiger partial charge in [-0.05, 0) is 29.8 Å². The Kier molecular flexibility index (Phi) is 5.33. The van der Waals surface area contributed by atoms with E-state index < -0.39 is 0 Å². The van der Waals surface area contributed by atoms with Gasteiger partial charge in [-0.1, -0.05) is 60.7 Å². The number of carbonyl (C=O) groups is 1. The molecule has 2 amide bonds.